The van der Waals surface area contributed by atoms with Gasteiger partial charge in [-0.3, -0.25) is 0 Å². The molecule has 4 aromatic rings. The summed E-state index contributed by atoms with van der Waals surface area (Å²) in [5.41, 5.74) is 10.8. The van der Waals surface area contributed by atoms with Gasteiger partial charge in [0.25, 0.3) is 0 Å². The first-order chi connectivity index (χ1) is 12.5. The summed E-state index contributed by atoms with van der Waals surface area (Å²) in [6.45, 7) is 8.40. The maximum atomic E-state index is 5.07. The van der Waals surface area contributed by atoms with Crippen LogP contribution >= 0.6 is 0 Å². The Morgan fingerprint density at radius 2 is 0.808 bits per heavy atom. The Morgan fingerprint density at radius 1 is 0.462 bits per heavy atom. The topological polar surface area (TPSA) is 25.8 Å². The summed E-state index contributed by atoms with van der Waals surface area (Å²) in [6.07, 6.45) is 0. The molecule has 0 fully saturated rings. The molecule has 0 N–H and O–H groups in total. The van der Waals surface area contributed by atoms with Crippen molar-refractivity contribution in [2.75, 3.05) is 0 Å². The molecule has 0 aliphatic heterocycles. The van der Waals surface area contributed by atoms with Crippen molar-refractivity contribution in [2.45, 2.75) is 27.7 Å². The van der Waals surface area contributed by atoms with Gasteiger partial charge in [0, 0.05) is 11.1 Å². The molecule has 0 bridgehead atoms. The van der Waals surface area contributed by atoms with Crippen LogP contribution in [0.2, 0.25) is 0 Å². The molecule has 1 heterocycles. The molecule has 0 saturated heterocycles. The normalized spacial score (nSPS) is 11.1. The first-order valence-electron chi connectivity index (χ1n) is 8.95. The minimum absolute atomic E-state index is 0.940. The average molecular weight is 338 g/mol. The Labute approximate surface area is 154 Å². The molecule has 0 radical (unpaired) electrons. The predicted molar refractivity (Wildman–Crippen MR) is 109 cm³/mol. The standard InChI is InChI=1S/C24H22N2/c1-15-5-11-19(12-6-15)23-24(20-13-7-16(2)8-14-20)26-22-18(4)10-9-17(3)21(22)25-23/h5-14H,1-4H3. The zero-order valence-electron chi connectivity index (χ0n) is 15.7. The molecule has 2 nitrogen and oxygen atoms in total. The second-order valence-electron chi connectivity index (χ2n) is 7.05. The van der Waals surface area contributed by atoms with Crippen molar-refractivity contribution in [1.29, 1.82) is 0 Å². The number of nitrogens with zero attached hydrogens (tertiary/aromatic N) is 2. The van der Waals surface area contributed by atoms with E-state index in [-0.39, 0.29) is 0 Å². The average Bonchev–Trinajstić information content (AvgIpc) is 2.65. The highest BCUT2D eigenvalue weighted by atomic mass is 14.8. The first kappa shape index (κ1) is 16.5. The van der Waals surface area contributed by atoms with Crippen LogP contribution in [0.1, 0.15) is 22.3 Å². The van der Waals surface area contributed by atoms with Crippen molar-refractivity contribution in [2.24, 2.45) is 0 Å². The SMILES string of the molecule is Cc1ccc(-c2nc3c(C)ccc(C)c3nc2-c2ccc(C)cc2)cc1. The maximum Gasteiger partial charge on any atom is 0.0973 e. The number of hydrogen-bond donors (Lipinski definition) is 0. The van der Waals surface area contributed by atoms with Crippen LogP contribution < -0.4 is 0 Å². The van der Waals surface area contributed by atoms with Gasteiger partial charge >= 0.3 is 0 Å². The van der Waals surface area contributed by atoms with Crippen molar-refractivity contribution in [1.82, 2.24) is 9.97 Å². The van der Waals surface area contributed by atoms with E-state index in [1.54, 1.807) is 0 Å². The molecular weight excluding hydrogens is 316 g/mol. The van der Waals surface area contributed by atoms with Gasteiger partial charge in [0.05, 0.1) is 22.4 Å². The molecule has 0 saturated carbocycles. The van der Waals surface area contributed by atoms with Gasteiger partial charge in [-0.05, 0) is 38.8 Å². The fourth-order valence-corrected chi connectivity index (χ4v) is 3.22. The summed E-state index contributed by atoms with van der Waals surface area (Å²) in [4.78, 5) is 10.1. The molecule has 0 aliphatic carbocycles. The smallest absolute Gasteiger partial charge is 0.0973 e. The number of aromatic nitrogens is 2. The van der Waals surface area contributed by atoms with Gasteiger partial charge in [0.2, 0.25) is 0 Å². The van der Waals surface area contributed by atoms with E-state index in [1.807, 2.05) is 0 Å². The zero-order chi connectivity index (χ0) is 18.3. The van der Waals surface area contributed by atoms with Crippen LogP contribution in [0.3, 0.4) is 0 Å². The molecule has 0 amide bonds. The van der Waals surface area contributed by atoms with Gasteiger partial charge in [-0.2, -0.15) is 0 Å². The highest BCUT2D eigenvalue weighted by Gasteiger charge is 2.15. The molecule has 0 unspecified atom stereocenters. The third kappa shape index (κ3) is 2.88. The fraction of sp³-hybridized carbons (Fsp3) is 0.167. The quantitative estimate of drug-likeness (QED) is 0.435. The second kappa shape index (κ2) is 6.38. The van der Waals surface area contributed by atoms with Gasteiger partial charge in [-0.15, -0.1) is 0 Å². The van der Waals surface area contributed by atoms with Gasteiger partial charge in [-0.25, -0.2) is 9.97 Å². The van der Waals surface area contributed by atoms with Crippen molar-refractivity contribution in [3.63, 3.8) is 0 Å². The van der Waals surface area contributed by atoms with Crippen molar-refractivity contribution in [3.8, 4) is 22.5 Å². The number of fused-ring (bicyclic) bond motifs is 1. The minimum atomic E-state index is 0.940. The van der Waals surface area contributed by atoms with Crippen LogP contribution in [-0.4, -0.2) is 9.97 Å². The third-order valence-corrected chi connectivity index (χ3v) is 4.88. The van der Waals surface area contributed by atoms with Crippen LogP contribution in [-0.2, 0) is 0 Å². The van der Waals surface area contributed by atoms with Crippen molar-refractivity contribution < 1.29 is 0 Å². The minimum Gasteiger partial charge on any atom is -0.244 e. The maximum absolute atomic E-state index is 5.07. The van der Waals surface area contributed by atoms with Crippen LogP contribution in [0, 0.1) is 27.7 Å². The molecule has 0 spiro atoms. The summed E-state index contributed by atoms with van der Waals surface area (Å²) < 4.78 is 0. The lowest BCUT2D eigenvalue weighted by atomic mass is 10.0. The molecule has 4 rings (SSSR count). The summed E-state index contributed by atoms with van der Waals surface area (Å²) in [7, 11) is 0. The summed E-state index contributed by atoms with van der Waals surface area (Å²) in [5, 5.41) is 0. The van der Waals surface area contributed by atoms with Gasteiger partial charge in [0.15, 0.2) is 0 Å². The lowest BCUT2D eigenvalue weighted by molar-refractivity contribution is 1.25. The predicted octanol–water partition coefficient (Wildman–Crippen LogP) is 6.20. The van der Waals surface area contributed by atoms with E-state index >= 15 is 0 Å². The van der Waals surface area contributed by atoms with E-state index in [2.05, 4.69) is 88.4 Å². The first-order valence-corrected chi connectivity index (χ1v) is 8.95. The highest BCUT2D eigenvalue weighted by Crippen LogP contribution is 2.32. The monoisotopic (exact) mass is 338 g/mol. The third-order valence-electron chi connectivity index (χ3n) is 4.88. The Balaban J connectivity index is 2.06. The lowest BCUT2D eigenvalue weighted by Gasteiger charge is -2.13. The van der Waals surface area contributed by atoms with Gasteiger partial charge in [0.1, 0.15) is 0 Å². The van der Waals surface area contributed by atoms with E-state index in [1.165, 1.54) is 11.1 Å². The fourth-order valence-electron chi connectivity index (χ4n) is 3.22. The Morgan fingerprint density at radius 3 is 1.15 bits per heavy atom. The van der Waals surface area contributed by atoms with Crippen LogP contribution in [0.4, 0.5) is 0 Å². The van der Waals surface area contributed by atoms with Gasteiger partial charge < -0.3 is 0 Å². The number of rotatable bonds is 2. The van der Waals surface area contributed by atoms with Crippen molar-refractivity contribution >= 4 is 11.0 Å². The largest absolute Gasteiger partial charge is 0.244 e. The number of benzene rings is 3. The van der Waals surface area contributed by atoms with Gasteiger partial charge in [-0.1, -0.05) is 71.8 Å². The zero-order valence-corrected chi connectivity index (χ0v) is 15.7. The van der Waals surface area contributed by atoms with Crippen LogP contribution in [0.5, 0.6) is 0 Å². The molecule has 1 aromatic heterocycles. The molecule has 2 heteroatoms. The van der Waals surface area contributed by atoms with E-state index in [0.717, 1.165) is 44.7 Å². The van der Waals surface area contributed by atoms with E-state index in [9.17, 15) is 0 Å². The van der Waals surface area contributed by atoms with E-state index in [0.29, 0.717) is 0 Å². The summed E-state index contributed by atoms with van der Waals surface area (Å²) in [6, 6.07) is 21.3. The highest BCUT2D eigenvalue weighted by molar-refractivity contribution is 5.89. The second-order valence-corrected chi connectivity index (χ2v) is 7.05. The molecule has 0 atom stereocenters. The van der Waals surface area contributed by atoms with Crippen molar-refractivity contribution in [3.05, 3.63) is 82.9 Å². The number of aryl methyl sites for hydroxylation is 4. The molecule has 0 aliphatic rings. The van der Waals surface area contributed by atoms with Crippen LogP contribution in [0.15, 0.2) is 60.7 Å². The summed E-state index contributed by atoms with van der Waals surface area (Å²) >= 11 is 0. The van der Waals surface area contributed by atoms with E-state index in [4.69, 9.17) is 9.97 Å². The molecule has 3 aromatic carbocycles. The van der Waals surface area contributed by atoms with E-state index < -0.39 is 0 Å². The Kier molecular flexibility index (Phi) is 4.04. The number of hydrogen-bond acceptors (Lipinski definition) is 2. The Bertz CT molecular complexity index is 1000. The van der Waals surface area contributed by atoms with Crippen LogP contribution in [0.25, 0.3) is 33.5 Å². The lowest BCUT2D eigenvalue weighted by Crippen LogP contribution is -1.98. The Hall–Kier alpha value is -3.00. The molecular formula is C24H22N2. The molecule has 128 valence electrons. The summed E-state index contributed by atoms with van der Waals surface area (Å²) in [5.74, 6) is 0. The molecule has 26 heavy (non-hydrogen) atoms.